The second-order valence-electron chi connectivity index (χ2n) is 10.6. The van der Waals surface area contributed by atoms with Crippen LogP contribution < -0.4 is 0 Å². The number of hydrogen-bond donors (Lipinski definition) is 1. The summed E-state index contributed by atoms with van der Waals surface area (Å²) >= 11 is 0. The molecule has 1 aliphatic rings. The molecule has 3 aromatic rings. The van der Waals surface area contributed by atoms with Crippen LogP contribution in [0.5, 0.6) is 0 Å². The number of hydrogen-bond acceptors (Lipinski definition) is 7. The third-order valence-corrected chi connectivity index (χ3v) is 8.99. The van der Waals surface area contributed by atoms with Crippen molar-refractivity contribution in [3.8, 4) is 0 Å². The standard InChI is InChI=1S/C27H35N5O5S/c1-6-31-16-23(29-30-31)17-37-25(27(4,5)26(33)34)21-8-7-19(3)22(12-21)15-32-14-18(2)11-20-9-10-28-13-24(20)38(32,35)36/h7-10,12-13,16,18,25H,6,11,14-15,17H2,1-5H3,(H,33,34)/t18-,25-/m0/s1. The van der Waals surface area contributed by atoms with Gasteiger partial charge in [-0.25, -0.2) is 8.42 Å². The molecule has 2 aromatic heterocycles. The van der Waals surface area contributed by atoms with Crippen LogP contribution in [0.15, 0.2) is 47.8 Å². The Morgan fingerprint density at radius 1 is 1.29 bits per heavy atom. The van der Waals surface area contributed by atoms with Gasteiger partial charge in [0, 0.05) is 32.0 Å². The van der Waals surface area contributed by atoms with Crippen LogP contribution in [0.4, 0.5) is 0 Å². The Morgan fingerprint density at radius 3 is 2.74 bits per heavy atom. The Morgan fingerprint density at radius 2 is 2.05 bits per heavy atom. The van der Waals surface area contributed by atoms with E-state index in [2.05, 4.69) is 15.3 Å². The topological polar surface area (TPSA) is 128 Å². The molecule has 0 radical (unpaired) electrons. The molecule has 1 aromatic carbocycles. The van der Waals surface area contributed by atoms with Gasteiger partial charge in [0.15, 0.2) is 0 Å². The minimum Gasteiger partial charge on any atom is -0.481 e. The molecule has 2 atom stereocenters. The highest BCUT2D eigenvalue weighted by atomic mass is 32.2. The molecular weight excluding hydrogens is 506 g/mol. The van der Waals surface area contributed by atoms with Crippen LogP contribution in [-0.2, 0) is 45.7 Å². The van der Waals surface area contributed by atoms with Crippen LogP contribution in [0.25, 0.3) is 0 Å². The lowest BCUT2D eigenvalue weighted by Crippen LogP contribution is -2.34. The Bertz CT molecular complexity index is 1420. The maximum atomic E-state index is 13.6. The molecule has 204 valence electrons. The lowest BCUT2D eigenvalue weighted by molar-refractivity contribution is -0.158. The number of carboxylic acids is 1. The lowest BCUT2D eigenvalue weighted by atomic mass is 9.81. The van der Waals surface area contributed by atoms with E-state index in [1.54, 1.807) is 37.0 Å². The maximum Gasteiger partial charge on any atom is 0.312 e. The van der Waals surface area contributed by atoms with Gasteiger partial charge < -0.3 is 9.84 Å². The second kappa shape index (κ2) is 10.9. The van der Waals surface area contributed by atoms with E-state index in [9.17, 15) is 18.3 Å². The van der Waals surface area contributed by atoms with Gasteiger partial charge in [0.2, 0.25) is 10.0 Å². The van der Waals surface area contributed by atoms with Crippen molar-refractivity contribution in [2.24, 2.45) is 11.3 Å². The Hall–Kier alpha value is -3.15. The van der Waals surface area contributed by atoms with Crippen LogP contribution in [0.1, 0.15) is 61.7 Å². The van der Waals surface area contributed by atoms with Gasteiger partial charge in [0.05, 0.1) is 24.3 Å². The van der Waals surface area contributed by atoms with Crippen molar-refractivity contribution in [2.45, 2.75) is 71.7 Å². The molecule has 0 unspecified atom stereocenters. The van der Waals surface area contributed by atoms with Crippen molar-refractivity contribution in [3.63, 3.8) is 0 Å². The Labute approximate surface area is 223 Å². The van der Waals surface area contributed by atoms with E-state index in [0.717, 1.165) is 16.7 Å². The number of pyridine rings is 1. The first-order valence-electron chi connectivity index (χ1n) is 12.7. The fraction of sp³-hybridized carbons (Fsp3) is 0.481. The molecule has 4 rings (SSSR count). The molecule has 0 amide bonds. The summed E-state index contributed by atoms with van der Waals surface area (Å²) in [6, 6.07) is 7.36. The monoisotopic (exact) mass is 541 g/mol. The summed E-state index contributed by atoms with van der Waals surface area (Å²) in [6.45, 7) is 10.4. The molecule has 3 heterocycles. The highest BCUT2D eigenvalue weighted by Crippen LogP contribution is 2.39. The zero-order chi connectivity index (χ0) is 27.7. The van der Waals surface area contributed by atoms with Gasteiger partial charge in [-0.2, -0.15) is 4.31 Å². The largest absolute Gasteiger partial charge is 0.481 e. The lowest BCUT2D eigenvalue weighted by Gasteiger charge is -2.31. The van der Waals surface area contributed by atoms with E-state index in [-0.39, 0.29) is 24.0 Å². The molecule has 0 fully saturated rings. The highest BCUT2D eigenvalue weighted by Gasteiger charge is 2.40. The van der Waals surface area contributed by atoms with Gasteiger partial charge in [0.1, 0.15) is 10.6 Å². The fourth-order valence-electron chi connectivity index (χ4n) is 4.76. The summed E-state index contributed by atoms with van der Waals surface area (Å²) in [4.78, 5) is 16.5. The van der Waals surface area contributed by atoms with Crippen molar-refractivity contribution >= 4 is 16.0 Å². The van der Waals surface area contributed by atoms with Crippen molar-refractivity contribution in [3.05, 3.63) is 70.8 Å². The fourth-order valence-corrected chi connectivity index (χ4v) is 6.47. The summed E-state index contributed by atoms with van der Waals surface area (Å²) in [5, 5.41) is 18.1. The number of aromatic nitrogens is 4. The Kier molecular flexibility index (Phi) is 8.01. The number of nitrogens with zero attached hydrogens (tertiary/aromatic N) is 5. The molecule has 0 aliphatic carbocycles. The average Bonchev–Trinajstić information content (AvgIpc) is 3.30. The molecule has 38 heavy (non-hydrogen) atoms. The molecule has 0 saturated heterocycles. The van der Waals surface area contributed by atoms with Crippen LogP contribution in [0.3, 0.4) is 0 Å². The number of fused-ring (bicyclic) bond motifs is 1. The van der Waals surface area contributed by atoms with E-state index in [1.165, 1.54) is 10.5 Å². The van der Waals surface area contributed by atoms with Crippen molar-refractivity contribution in [2.75, 3.05) is 6.54 Å². The van der Waals surface area contributed by atoms with E-state index in [4.69, 9.17) is 4.74 Å². The number of aliphatic carboxylic acids is 1. The molecule has 11 heteroatoms. The zero-order valence-electron chi connectivity index (χ0n) is 22.5. The van der Waals surface area contributed by atoms with E-state index in [1.807, 2.05) is 39.0 Å². The van der Waals surface area contributed by atoms with Crippen LogP contribution in [0.2, 0.25) is 0 Å². The summed E-state index contributed by atoms with van der Waals surface area (Å²) in [5.41, 5.74) is 2.46. The highest BCUT2D eigenvalue weighted by molar-refractivity contribution is 7.89. The van der Waals surface area contributed by atoms with Gasteiger partial charge in [-0.05, 0) is 68.4 Å². The van der Waals surface area contributed by atoms with Gasteiger partial charge in [-0.1, -0.05) is 30.3 Å². The number of rotatable bonds is 9. The van der Waals surface area contributed by atoms with Gasteiger partial charge in [-0.15, -0.1) is 5.10 Å². The molecule has 1 aliphatic heterocycles. The van der Waals surface area contributed by atoms with Crippen LogP contribution in [-0.4, -0.2) is 50.3 Å². The second-order valence-corrected chi connectivity index (χ2v) is 12.5. The summed E-state index contributed by atoms with van der Waals surface area (Å²) < 4.78 is 36.6. The molecule has 0 bridgehead atoms. The van der Waals surface area contributed by atoms with E-state index in [0.29, 0.717) is 30.8 Å². The smallest absolute Gasteiger partial charge is 0.312 e. The average molecular weight is 542 g/mol. The minimum absolute atomic E-state index is 0.0897. The first-order valence-corrected chi connectivity index (χ1v) is 14.1. The van der Waals surface area contributed by atoms with Crippen molar-refractivity contribution in [1.82, 2.24) is 24.3 Å². The van der Waals surface area contributed by atoms with E-state index >= 15 is 0 Å². The number of carboxylic acid groups (broad SMARTS) is 1. The molecule has 0 saturated carbocycles. The first kappa shape index (κ1) is 27.9. The number of sulfonamides is 1. The SMILES string of the molecule is CCn1cc(CO[C@@H](c2ccc(C)c(CN3C[C@@H](C)Cc4ccncc4S3(=O)=O)c2)C(C)(C)C(=O)O)nn1. The number of carbonyl (C=O) groups is 1. The molecule has 10 nitrogen and oxygen atoms in total. The number of ether oxygens (including phenoxy) is 1. The predicted molar refractivity (Wildman–Crippen MR) is 141 cm³/mol. The quantitative estimate of drug-likeness (QED) is 0.434. The maximum absolute atomic E-state index is 13.6. The number of aryl methyl sites for hydroxylation is 2. The summed E-state index contributed by atoms with van der Waals surface area (Å²) in [6.07, 6.45) is 4.65. The molecular formula is C27H35N5O5S. The van der Waals surface area contributed by atoms with Crippen LogP contribution in [0, 0.1) is 18.3 Å². The Balaban J connectivity index is 1.67. The zero-order valence-corrected chi connectivity index (χ0v) is 23.3. The third-order valence-electron chi connectivity index (χ3n) is 7.11. The minimum atomic E-state index is -3.76. The van der Waals surface area contributed by atoms with E-state index < -0.39 is 27.5 Å². The molecule has 1 N–H and O–H groups in total. The molecule has 0 spiro atoms. The number of benzene rings is 1. The predicted octanol–water partition coefficient (Wildman–Crippen LogP) is 3.75. The van der Waals surface area contributed by atoms with Crippen molar-refractivity contribution < 1.29 is 23.1 Å². The van der Waals surface area contributed by atoms with Gasteiger partial charge in [0.25, 0.3) is 0 Å². The van der Waals surface area contributed by atoms with Gasteiger partial charge >= 0.3 is 5.97 Å². The van der Waals surface area contributed by atoms with Gasteiger partial charge in [-0.3, -0.25) is 14.5 Å². The summed E-state index contributed by atoms with van der Waals surface area (Å²) in [7, 11) is -3.76. The normalized spacial score (nSPS) is 18.5. The summed E-state index contributed by atoms with van der Waals surface area (Å²) in [5.74, 6) is -0.884. The first-order chi connectivity index (χ1) is 17.9. The van der Waals surface area contributed by atoms with Crippen LogP contribution >= 0.6 is 0 Å². The van der Waals surface area contributed by atoms with Crippen molar-refractivity contribution in [1.29, 1.82) is 0 Å². The third kappa shape index (κ3) is 5.64.